The zero-order chi connectivity index (χ0) is 29.5. The lowest BCUT2D eigenvalue weighted by atomic mass is 10.0. The second-order valence-electron chi connectivity index (χ2n) is 10.9. The number of likely N-dealkylation sites (tertiary alicyclic amines) is 1. The fraction of sp³-hybridized carbons (Fsp3) is 0.355. The number of anilines is 1. The molecule has 4 heterocycles. The first-order valence-electron chi connectivity index (χ1n) is 14.0. The third-order valence-electron chi connectivity index (χ3n) is 8.25. The number of benzene rings is 2. The number of rotatable bonds is 6. The van der Waals surface area contributed by atoms with Gasteiger partial charge in [0.25, 0.3) is 5.91 Å². The van der Waals surface area contributed by atoms with Gasteiger partial charge in [-0.25, -0.2) is 8.78 Å². The number of carbonyl (C=O) groups excluding carboxylic acids is 1. The van der Waals surface area contributed by atoms with E-state index in [1.807, 2.05) is 36.1 Å². The number of aromatic nitrogens is 3. The number of nitrogens with zero attached hydrogens (tertiary/aromatic N) is 6. The summed E-state index contributed by atoms with van der Waals surface area (Å²) in [5.74, 6) is -1.89. The topological polar surface area (TPSA) is 74.7 Å². The van der Waals surface area contributed by atoms with E-state index < -0.39 is 17.6 Å². The van der Waals surface area contributed by atoms with Crippen molar-refractivity contribution < 1.29 is 18.3 Å². The lowest BCUT2D eigenvalue weighted by Crippen LogP contribution is -2.54. The lowest BCUT2D eigenvalue weighted by molar-refractivity contribution is -0.129. The smallest absolute Gasteiger partial charge is 0.319 e. The Labute approximate surface area is 247 Å². The normalized spacial score (nSPS) is 19.5. The molecule has 2 atom stereocenters. The number of likely N-dealkylation sites (N-methyl/N-ethyl adjacent to an activating group) is 1. The Balaban J connectivity index is 1.45. The minimum Gasteiger partial charge on any atom is -0.462 e. The molecule has 0 aliphatic carbocycles. The number of hydrogen-bond acceptors (Lipinski definition) is 7. The second kappa shape index (κ2) is 11.4. The van der Waals surface area contributed by atoms with Gasteiger partial charge in [-0.3, -0.25) is 9.78 Å². The minimum atomic E-state index is -0.997. The lowest BCUT2D eigenvalue weighted by Gasteiger charge is -2.40. The fourth-order valence-corrected chi connectivity index (χ4v) is 6.26. The summed E-state index contributed by atoms with van der Waals surface area (Å²) < 4.78 is 36.2. The molecule has 11 heteroatoms. The van der Waals surface area contributed by atoms with Crippen molar-refractivity contribution in [1.82, 2.24) is 24.8 Å². The Morgan fingerprint density at radius 1 is 1.17 bits per heavy atom. The quantitative estimate of drug-likeness (QED) is 0.269. The highest BCUT2D eigenvalue weighted by Crippen LogP contribution is 2.38. The van der Waals surface area contributed by atoms with Gasteiger partial charge in [0, 0.05) is 53.9 Å². The molecule has 0 spiro atoms. The Bertz CT molecular complexity index is 1700. The summed E-state index contributed by atoms with van der Waals surface area (Å²) in [4.78, 5) is 31.7. The van der Waals surface area contributed by atoms with E-state index >= 15 is 4.39 Å². The van der Waals surface area contributed by atoms with Crippen molar-refractivity contribution in [1.29, 1.82) is 0 Å². The third-order valence-corrected chi connectivity index (χ3v) is 8.56. The predicted molar refractivity (Wildman–Crippen MR) is 160 cm³/mol. The largest absolute Gasteiger partial charge is 0.462 e. The van der Waals surface area contributed by atoms with Crippen LogP contribution in [0, 0.1) is 5.82 Å². The Hall–Kier alpha value is -3.89. The summed E-state index contributed by atoms with van der Waals surface area (Å²) in [6, 6.07) is 11.1. The summed E-state index contributed by atoms with van der Waals surface area (Å²) in [5.41, 5.74) is 0.753. The molecular weight excluding hydrogens is 562 g/mol. The van der Waals surface area contributed by atoms with Gasteiger partial charge < -0.3 is 19.4 Å². The van der Waals surface area contributed by atoms with Gasteiger partial charge in [0.1, 0.15) is 23.6 Å². The number of pyridine rings is 1. The third kappa shape index (κ3) is 5.13. The molecule has 2 saturated heterocycles. The van der Waals surface area contributed by atoms with Gasteiger partial charge in [-0.2, -0.15) is 9.97 Å². The highest BCUT2D eigenvalue weighted by Gasteiger charge is 2.31. The summed E-state index contributed by atoms with van der Waals surface area (Å²) >= 11 is 6.56. The van der Waals surface area contributed by atoms with Crippen molar-refractivity contribution in [2.45, 2.75) is 31.8 Å². The van der Waals surface area contributed by atoms with E-state index in [4.69, 9.17) is 21.3 Å². The number of piperazine rings is 1. The van der Waals surface area contributed by atoms with E-state index in [9.17, 15) is 9.18 Å². The van der Waals surface area contributed by atoms with Gasteiger partial charge in [-0.15, -0.1) is 0 Å². The van der Waals surface area contributed by atoms with Crippen molar-refractivity contribution in [3.05, 3.63) is 65.8 Å². The second-order valence-corrected chi connectivity index (χ2v) is 11.3. The van der Waals surface area contributed by atoms with Gasteiger partial charge >= 0.3 is 6.01 Å². The standard InChI is InChI=1S/C31H31ClF2N6O2/c1-18-16-39(30(41)19(2)33)13-14-40(18)29-23-15-35-27(22-10-4-7-20-8-5-11-24(32)25(20)22)26(34)28(23)36-31(37-29)42-17-21-9-6-12-38(21)3/h4-5,7-8,10-11,15,18,21H,2,6,9,12-14,16-17H2,1,3H3/t18-,21-/m0/s1. The maximum absolute atomic E-state index is 16.5. The highest BCUT2D eigenvalue weighted by atomic mass is 35.5. The number of amides is 1. The van der Waals surface area contributed by atoms with E-state index in [1.54, 1.807) is 18.3 Å². The van der Waals surface area contributed by atoms with Crippen molar-refractivity contribution in [3.8, 4) is 17.3 Å². The molecular formula is C31H31ClF2N6O2. The van der Waals surface area contributed by atoms with Crippen molar-refractivity contribution in [2.24, 2.45) is 0 Å². The average molecular weight is 593 g/mol. The molecule has 2 fully saturated rings. The number of fused-ring (bicyclic) bond motifs is 2. The Kier molecular flexibility index (Phi) is 7.67. The molecule has 2 aromatic heterocycles. The molecule has 0 N–H and O–H groups in total. The molecule has 1 amide bonds. The molecule has 0 bridgehead atoms. The van der Waals surface area contributed by atoms with E-state index in [-0.39, 0.29) is 42.4 Å². The van der Waals surface area contributed by atoms with Crippen LogP contribution in [0.3, 0.4) is 0 Å². The summed E-state index contributed by atoms with van der Waals surface area (Å²) in [7, 11) is 2.05. The predicted octanol–water partition coefficient (Wildman–Crippen LogP) is 5.63. The summed E-state index contributed by atoms with van der Waals surface area (Å²) in [6.07, 6.45) is 3.65. The van der Waals surface area contributed by atoms with Crippen molar-refractivity contribution in [2.75, 3.05) is 44.7 Å². The Morgan fingerprint density at radius 3 is 2.67 bits per heavy atom. The van der Waals surface area contributed by atoms with Gasteiger partial charge in [-0.05, 0) is 44.8 Å². The molecule has 218 valence electrons. The van der Waals surface area contributed by atoms with Crippen molar-refractivity contribution >= 4 is 45.0 Å². The van der Waals surface area contributed by atoms with Crippen LogP contribution in [0.4, 0.5) is 14.6 Å². The van der Waals surface area contributed by atoms with Crippen LogP contribution >= 0.6 is 11.6 Å². The molecule has 42 heavy (non-hydrogen) atoms. The summed E-state index contributed by atoms with van der Waals surface area (Å²) in [6.45, 7) is 7.25. The SMILES string of the molecule is C=C(F)C(=O)N1CCN(c2nc(OC[C@@H]3CCCN3C)nc3c(F)c(-c4cccc5cccc(Cl)c45)ncc23)[C@@H](C)C1. The molecule has 2 aliphatic rings. The van der Waals surface area contributed by atoms with Crippen LogP contribution in [0.2, 0.25) is 5.02 Å². The van der Waals surface area contributed by atoms with Gasteiger partial charge in [0.05, 0.1) is 5.39 Å². The maximum Gasteiger partial charge on any atom is 0.319 e. The zero-order valence-electron chi connectivity index (χ0n) is 23.5. The minimum absolute atomic E-state index is 0.0626. The van der Waals surface area contributed by atoms with Crippen LogP contribution in [-0.2, 0) is 4.79 Å². The number of carbonyl (C=O) groups is 1. The monoisotopic (exact) mass is 592 g/mol. The molecule has 0 saturated carbocycles. The van der Waals surface area contributed by atoms with E-state index in [0.29, 0.717) is 40.3 Å². The first-order valence-corrected chi connectivity index (χ1v) is 14.4. The molecule has 8 nitrogen and oxygen atoms in total. The Morgan fingerprint density at radius 2 is 1.95 bits per heavy atom. The summed E-state index contributed by atoms with van der Waals surface area (Å²) in [5, 5.41) is 2.47. The van der Waals surface area contributed by atoms with Crippen LogP contribution in [0.15, 0.2) is 55.0 Å². The molecule has 0 radical (unpaired) electrons. The zero-order valence-corrected chi connectivity index (χ0v) is 24.2. The number of ether oxygens (including phenoxy) is 1. The van der Waals surface area contributed by atoms with Gasteiger partial charge in [0.15, 0.2) is 11.6 Å². The maximum atomic E-state index is 16.5. The molecule has 0 unspecified atom stereocenters. The first-order chi connectivity index (χ1) is 20.2. The van der Waals surface area contributed by atoms with Crippen LogP contribution in [0.25, 0.3) is 32.9 Å². The molecule has 6 rings (SSSR count). The average Bonchev–Trinajstić information content (AvgIpc) is 3.40. The van der Waals surface area contributed by atoms with E-state index in [2.05, 4.69) is 28.5 Å². The molecule has 2 aromatic carbocycles. The van der Waals surface area contributed by atoms with Gasteiger partial charge in [0.2, 0.25) is 0 Å². The van der Waals surface area contributed by atoms with Crippen LogP contribution in [-0.4, -0.2) is 82.6 Å². The first kappa shape index (κ1) is 28.2. The number of halogens is 3. The van der Waals surface area contributed by atoms with Crippen LogP contribution < -0.4 is 9.64 Å². The van der Waals surface area contributed by atoms with Crippen LogP contribution in [0.1, 0.15) is 19.8 Å². The highest BCUT2D eigenvalue weighted by molar-refractivity contribution is 6.36. The van der Waals surface area contributed by atoms with Gasteiger partial charge in [-0.1, -0.05) is 48.5 Å². The fourth-order valence-electron chi connectivity index (χ4n) is 5.97. The van der Waals surface area contributed by atoms with E-state index in [0.717, 1.165) is 24.8 Å². The molecule has 2 aliphatic heterocycles. The van der Waals surface area contributed by atoms with Crippen LogP contribution in [0.5, 0.6) is 6.01 Å². The van der Waals surface area contributed by atoms with E-state index in [1.165, 1.54) is 4.90 Å². The van der Waals surface area contributed by atoms with Crippen molar-refractivity contribution in [3.63, 3.8) is 0 Å². The number of hydrogen-bond donors (Lipinski definition) is 0. The molecule has 4 aromatic rings.